The van der Waals surface area contributed by atoms with Crippen LogP contribution in [-0.2, 0) is 14.4 Å². The smallest absolute Gasteiger partial charge is 0.309 e. The zero-order valence-electron chi connectivity index (χ0n) is 24.7. The Bertz CT molecular complexity index is 1320. The molecule has 10 heteroatoms. The van der Waals surface area contributed by atoms with E-state index in [1.807, 2.05) is 50.5 Å². The molecule has 1 aliphatic heterocycles. The molecule has 2 fully saturated rings. The maximum absolute atomic E-state index is 13.8. The molecule has 1 aliphatic carbocycles. The highest BCUT2D eigenvalue weighted by Crippen LogP contribution is 2.40. The molecule has 1 saturated heterocycles. The SMILES string of the molecule is [C-]#[N+]C1(C(=O)N[C@H](C(=O)N2C[C@H](O)C[C@H]2C(=O)N[C@@H](CC(C)(C)C)c2ccc(-c3scnc3C)cc2)C(C)C)CC1. The fraction of sp³-hybridized carbons (Fsp3) is 0.581. The molecule has 4 rings (SSSR count). The monoisotopic (exact) mass is 579 g/mol. The van der Waals surface area contributed by atoms with E-state index in [2.05, 4.69) is 41.2 Å². The van der Waals surface area contributed by atoms with Gasteiger partial charge in [-0.15, -0.1) is 11.3 Å². The molecule has 2 heterocycles. The number of benzene rings is 1. The third-order valence-corrected chi connectivity index (χ3v) is 8.88. The van der Waals surface area contributed by atoms with Gasteiger partial charge in [0.15, 0.2) is 0 Å². The first-order valence-corrected chi connectivity index (χ1v) is 15.1. The quantitative estimate of drug-likeness (QED) is 0.384. The second kappa shape index (κ2) is 11.9. The molecule has 220 valence electrons. The molecule has 3 amide bonds. The summed E-state index contributed by atoms with van der Waals surface area (Å²) in [6.07, 6.45) is 0.904. The van der Waals surface area contributed by atoms with Crippen LogP contribution in [0.5, 0.6) is 0 Å². The molecular formula is C31H41N5O4S. The number of carbonyl (C=O) groups is 3. The van der Waals surface area contributed by atoms with E-state index in [0.717, 1.165) is 21.7 Å². The largest absolute Gasteiger partial charge is 0.391 e. The van der Waals surface area contributed by atoms with Gasteiger partial charge in [-0.2, -0.15) is 0 Å². The first-order valence-electron chi connectivity index (χ1n) is 14.2. The van der Waals surface area contributed by atoms with Gasteiger partial charge in [0.05, 0.1) is 28.2 Å². The number of aliphatic hydroxyl groups is 1. The Kier molecular flexibility index (Phi) is 8.90. The number of amides is 3. The van der Waals surface area contributed by atoms with Crippen molar-refractivity contribution < 1.29 is 19.5 Å². The number of nitrogens with one attached hydrogen (secondary N) is 2. The maximum atomic E-state index is 13.8. The summed E-state index contributed by atoms with van der Waals surface area (Å²) in [4.78, 5) is 50.6. The zero-order valence-corrected chi connectivity index (χ0v) is 25.5. The predicted octanol–water partition coefficient (Wildman–Crippen LogP) is 4.27. The van der Waals surface area contributed by atoms with Crippen molar-refractivity contribution >= 4 is 29.1 Å². The van der Waals surface area contributed by atoms with E-state index in [9.17, 15) is 19.5 Å². The lowest BCUT2D eigenvalue weighted by molar-refractivity contribution is -0.143. The van der Waals surface area contributed by atoms with Crippen LogP contribution in [0.25, 0.3) is 15.3 Å². The van der Waals surface area contributed by atoms with E-state index >= 15 is 0 Å². The van der Waals surface area contributed by atoms with Crippen molar-refractivity contribution in [3.63, 3.8) is 0 Å². The highest BCUT2D eigenvalue weighted by molar-refractivity contribution is 7.13. The summed E-state index contributed by atoms with van der Waals surface area (Å²) in [7, 11) is 0. The normalized spacial score (nSPS) is 21.2. The number of carbonyl (C=O) groups excluding carboxylic acids is 3. The molecule has 0 unspecified atom stereocenters. The Morgan fingerprint density at radius 2 is 1.85 bits per heavy atom. The van der Waals surface area contributed by atoms with Gasteiger partial charge in [0.2, 0.25) is 11.8 Å². The minimum atomic E-state index is -1.08. The fourth-order valence-corrected chi connectivity index (χ4v) is 6.17. The standard InChI is InChI=1S/C31H41N5O4S/c1-18(2)25(35-29(40)31(32-7)12-13-31)28(39)36-16-22(37)14-24(36)27(38)34-23(15-30(4,5)6)20-8-10-21(11-9-20)26-19(3)33-17-41-26/h8-11,17-18,22-25,37H,12-16H2,1-6H3,(H,34,38)(H,35,40)/t22-,23+,24+,25+/m1/s1. The first-order chi connectivity index (χ1) is 19.2. The van der Waals surface area contributed by atoms with Crippen LogP contribution in [0.2, 0.25) is 0 Å². The van der Waals surface area contributed by atoms with Crippen molar-refractivity contribution in [2.75, 3.05) is 6.54 Å². The first kappa shape index (κ1) is 30.7. The summed E-state index contributed by atoms with van der Waals surface area (Å²) in [5.74, 6) is -1.45. The van der Waals surface area contributed by atoms with Gasteiger partial charge in [-0.25, -0.2) is 11.6 Å². The number of aliphatic hydroxyl groups excluding tert-OH is 1. The van der Waals surface area contributed by atoms with Gasteiger partial charge in [-0.05, 0) is 35.8 Å². The average Bonchev–Trinajstić information content (AvgIpc) is 3.44. The van der Waals surface area contributed by atoms with Crippen molar-refractivity contribution in [3.8, 4) is 10.4 Å². The van der Waals surface area contributed by atoms with Crippen LogP contribution in [0.1, 0.15) is 77.6 Å². The van der Waals surface area contributed by atoms with Crippen LogP contribution in [0.3, 0.4) is 0 Å². The van der Waals surface area contributed by atoms with Crippen LogP contribution >= 0.6 is 11.3 Å². The van der Waals surface area contributed by atoms with Crippen LogP contribution in [0.4, 0.5) is 0 Å². The molecule has 0 bridgehead atoms. The van der Waals surface area contributed by atoms with Gasteiger partial charge < -0.3 is 20.6 Å². The number of aromatic nitrogens is 1. The molecule has 4 atom stereocenters. The van der Waals surface area contributed by atoms with Gasteiger partial charge in [0.25, 0.3) is 0 Å². The van der Waals surface area contributed by atoms with Gasteiger partial charge >= 0.3 is 11.4 Å². The summed E-state index contributed by atoms with van der Waals surface area (Å²) < 4.78 is 0. The van der Waals surface area contributed by atoms with Gasteiger partial charge in [0.1, 0.15) is 12.1 Å². The number of thiazole rings is 1. The summed E-state index contributed by atoms with van der Waals surface area (Å²) >= 11 is 1.59. The van der Waals surface area contributed by atoms with E-state index in [-0.39, 0.29) is 36.2 Å². The predicted molar refractivity (Wildman–Crippen MR) is 159 cm³/mol. The van der Waals surface area contributed by atoms with Crippen molar-refractivity contribution in [3.05, 3.63) is 52.5 Å². The zero-order chi connectivity index (χ0) is 30.1. The fourth-order valence-electron chi connectivity index (χ4n) is 5.36. The second-order valence-corrected chi connectivity index (χ2v) is 13.8. The summed E-state index contributed by atoms with van der Waals surface area (Å²) in [6, 6.07) is 6.06. The molecule has 1 aromatic carbocycles. The molecule has 0 radical (unpaired) electrons. The lowest BCUT2D eigenvalue weighted by Gasteiger charge is -2.32. The maximum Gasteiger partial charge on any atom is 0.309 e. The highest BCUT2D eigenvalue weighted by atomic mass is 32.1. The Morgan fingerprint density at radius 3 is 2.37 bits per heavy atom. The van der Waals surface area contributed by atoms with E-state index < -0.39 is 35.5 Å². The van der Waals surface area contributed by atoms with E-state index in [1.165, 1.54) is 4.90 Å². The lowest BCUT2D eigenvalue weighted by atomic mass is 9.85. The van der Waals surface area contributed by atoms with Crippen molar-refractivity contribution in [2.45, 2.75) is 97.0 Å². The Balaban J connectivity index is 1.53. The Hall–Kier alpha value is -3.29. The van der Waals surface area contributed by atoms with Gasteiger partial charge in [-0.3, -0.25) is 19.2 Å². The minimum Gasteiger partial charge on any atom is -0.391 e. The molecule has 2 aromatic rings. The second-order valence-electron chi connectivity index (χ2n) is 12.9. The molecular weight excluding hydrogens is 538 g/mol. The minimum absolute atomic E-state index is 0.0107. The average molecular weight is 580 g/mol. The molecule has 0 spiro atoms. The molecule has 1 saturated carbocycles. The number of β-amino-alcohol motifs (C(OH)–C–C–N with tert-alkyl or cyclic N) is 1. The molecule has 9 nitrogen and oxygen atoms in total. The summed E-state index contributed by atoms with van der Waals surface area (Å²) in [6.45, 7) is 19.3. The van der Waals surface area contributed by atoms with Gasteiger partial charge in [-0.1, -0.05) is 58.9 Å². The van der Waals surface area contributed by atoms with Crippen molar-refractivity contribution in [1.29, 1.82) is 0 Å². The van der Waals surface area contributed by atoms with Crippen LogP contribution < -0.4 is 10.6 Å². The number of likely N-dealkylation sites (tertiary alicyclic amines) is 1. The molecule has 41 heavy (non-hydrogen) atoms. The third-order valence-electron chi connectivity index (χ3n) is 7.90. The van der Waals surface area contributed by atoms with Gasteiger partial charge in [0, 0.05) is 25.8 Å². The number of hydrogen-bond donors (Lipinski definition) is 3. The molecule has 3 N–H and O–H groups in total. The van der Waals surface area contributed by atoms with Crippen LogP contribution in [0.15, 0.2) is 29.8 Å². The Labute approximate surface area is 246 Å². The van der Waals surface area contributed by atoms with Crippen molar-refractivity contribution in [1.82, 2.24) is 20.5 Å². The van der Waals surface area contributed by atoms with Crippen LogP contribution in [0, 0.1) is 24.8 Å². The van der Waals surface area contributed by atoms with Crippen LogP contribution in [-0.4, -0.2) is 63.0 Å². The summed E-state index contributed by atoms with van der Waals surface area (Å²) in [5, 5.41) is 16.5. The number of rotatable bonds is 9. The van der Waals surface area contributed by atoms with E-state index in [0.29, 0.717) is 19.3 Å². The molecule has 1 aromatic heterocycles. The number of nitrogens with zero attached hydrogens (tertiary/aromatic N) is 3. The van der Waals surface area contributed by atoms with E-state index in [4.69, 9.17) is 6.57 Å². The van der Waals surface area contributed by atoms with Crippen molar-refractivity contribution in [2.24, 2.45) is 11.3 Å². The lowest BCUT2D eigenvalue weighted by Crippen LogP contribution is -2.56. The number of hydrogen-bond acceptors (Lipinski definition) is 6. The Morgan fingerprint density at radius 1 is 1.20 bits per heavy atom. The third kappa shape index (κ3) is 6.96. The highest BCUT2D eigenvalue weighted by Gasteiger charge is 2.59. The number of aryl methyl sites for hydroxylation is 1. The van der Waals surface area contributed by atoms with E-state index in [1.54, 1.807) is 11.3 Å². The summed E-state index contributed by atoms with van der Waals surface area (Å²) in [5.41, 5.74) is 3.65. The molecule has 2 aliphatic rings. The topological polar surface area (TPSA) is 116 Å².